The first kappa shape index (κ1) is 20.4. The van der Waals surface area contributed by atoms with Gasteiger partial charge in [0, 0.05) is 16.9 Å². The summed E-state index contributed by atoms with van der Waals surface area (Å²) < 4.78 is 0.928. The van der Waals surface area contributed by atoms with E-state index in [0.717, 1.165) is 15.6 Å². The van der Waals surface area contributed by atoms with Crippen molar-refractivity contribution in [2.45, 2.75) is 0 Å². The predicted octanol–water partition coefficient (Wildman–Crippen LogP) is 5.03. The molecule has 0 bridgehead atoms. The maximum Gasteiger partial charge on any atom is 0.335 e. The first-order chi connectivity index (χ1) is 14.9. The number of hydrogen-bond acceptors (Lipinski definition) is 5. The lowest BCUT2D eigenvalue weighted by Gasteiger charge is -2.10. The third kappa shape index (κ3) is 4.49. The Morgan fingerprint density at radius 3 is 1.58 bits per heavy atom. The van der Waals surface area contributed by atoms with E-state index in [1.165, 1.54) is 36.7 Å². The molecule has 0 fully saturated rings. The van der Waals surface area contributed by atoms with E-state index in [0.29, 0.717) is 22.8 Å². The quantitative estimate of drug-likeness (QED) is 0.415. The third-order valence-corrected chi connectivity index (χ3v) is 5.07. The van der Waals surface area contributed by atoms with Crippen LogP contribution in [-0.4, -0.2) is 37.1 Å². The normalized spacial score (nSPS) is 10.6. The first-order valence-electron chi connectivity index (χ1n) is 9.08. The van der Waals surface area contributed by atoms with Crippen LogP contribution in [0.4, 0.5) is 0 Å². The number of nitrogens with zero attached hydrogens (tertiary/aromatic N) is 3. The number of benzene rings is 1. The molecule has 0 saturated carbocycles. The summed E-state index contributed by atoms with van der Waals surface area (Å²) in [6, 6.07) is 17.0. The smallest absolute Gasteiger partial charge is 0.335 e. The van der Waals surface area contributed by atoms with Crippen molar-refractivity contribution in [2.24, 2.45) is 0 Å². The van der Waals surface area contributed by atoms with Crippen molar-refractivity contribution < 1.29 is 19.8 Å². The van der Waals surface area contributed by atoms with Gasteiger partial charge in [0.15, 0.2) is 0 Å². The molecule has 152 valence electrons. The van der Waals surface area contributed by atoms with Gasteiger partial charge in [0.25, 0.3) is 0 Å². The standard InChI is InChI=1S/C23H14BrN3O4/c24-17-3-1-13(2-4-17)16-11-20(18-9-14(22(28)29)5-7-25-18)27-21(12-16)19-10-15(23(30)31)6-8-26-19/h1-12H,(H,28,29)(H,30,31). The van der Waals surface area contributed by atoms with Crippen LogP contribution < -0.4 is 0 Å². The molecule has 7 nitrogen and oxygen atoms in total. The number of aromatic carboxylic acids is 2. The molecule has 8 heteroatoms. The van der Waals surface area contributed by atoms with E-state index in [4.69, 9.17) is 0 Å². The summed E-state index contributed by atoms with van der Waals surface area (Å²) in [5.41, 5.74) is 3.54. The van der Waals surface area contributed by atoms with E-state index >= 15 is 0 Å². The van der Waals surface area contributed by atoms with Gasteiger partial charge in [-0.3, -0.25) is 9.97 Å². The van der Waals surface area contributed by atoms with Crippen LogP contribution >= 0.6 is 15.9 Å². The molecule has 1 aromatic carbocycles. The number of halogens is 1. The van der Waals surface area contributed by atoms with E-state index in [9.17, 15) is 19.8 Å². The summed E-state index contributed by atoms with van der Waals surface area (Å²) in [6.07, 6.45) is 2.82. The van der Waals surface area contributed by atoms with Gasteiger partial charge < -0.3 is 10.2 Å². The minimum atomic E-state index is -1.07. The van der Waals surface area contributed by atoms with Crippen LogP contribution in [0.5, 0.6) is 0 Å². The Morgan fingerprint density at radius 2 is 1.13 bits per heavy atom. The van der Waals surface area contributed by atoms with Crippen LogP contribution in [0.2, 0.25) is 0 Å². The molecule has 4 aromatic rings. The van der Waals surface area contributed by atoms with Gasteiger partial charge >= 0.3 is 11.9 Å². The van der Waals surface area contributed by atoms with Crippen molar-refractivity contribution in [1.82, 2.24) is 15.0 Å². The molecule has 3 heterocycles. The Kier molecular flexibility index (Phi) is 5.55. The largest absolute Gasteiger partial charge is 0.478 e. The second-order valence-corrected chi connectivity index (χ2v) is 7.52. The number of carboxylic acids is 2. The van der Waals surface area contributed by atoms with Crippen molar-refractivity contribution >= 4 is 27.9 Å². The van der Waals surface area contributed by atoms with E-state index in [-0.39, 0.29) is 11.1 Å². The number of hydrogen-bond donors (Lipinski definition) is 2. The molecular weight excluding hydrogens is 462 g/mol. The molecule has 0 aliphatic heterocycles. The maximum atomic E-state index is 11.4. The summed E-state index contributed by atoms with van der Waals surface area (Å²) in [7, 11) is 0. The minimum absolute atomic E-state index is 0.0911. The van der Waals surface area contributed by atoms with E-state index in [2.05, 4.69) is 30.9 Å². The second kappa shape index (κ2) is 8.45. The Morgan fingerprint density at radius 1 is 0.645 bits per heavy atom. The molecule has 31 heavy (non-hydrogen) atoms. The van der Waals surface area contributed by atoms with Gasteiger partial charge in [0.1, 0.15) is 0 Å². The van der Waals surface area contributed by atoms with Gasteiger partial charge in [0.2, 0.25) is 0 Å². The Hall–Kier alpha value is -3.91. The third-order valence-electron chi connectivity index (χ3n) is 4.54. The van der Waals surface area contributed by atoms with Crippen molar-refractivity contribution in [3.8, 4) is 33.9 Å². The molecule has 4 rings (SSSR count). The predicted molar refractivity (Wildman–Crippen MR) is 118 cm³/mol. The van der Waals surface area contributed by atoms with Crippen molar-refractivity contribution in [3.05, 3.63) is 88.7 Å². The first-order valence-corrected chi connectivity index (χ1v) is 9.87. The zero-order valence-electron chi connectivity index (χ0n) is 15.9. The molecule has 0 aliphatic carbocycles. The van der Waals surface area contributed by atoms with Gasteiger partial charge in [-0.15, -0.1) is 0 Å². The topological polar surface area (TPSA) is 113 Å². The fourth-order valence-corrected chi connectivity index (χ4v) is 3.27. The number of pyridine rings is 3. The van der Waals surface area contributed by atoms with Crippen LogP contribution in [0.15, 0.2) is 77.5 Å². The maximum absolute atomic E-state index is 11.4. The molecule has 0 radical (unpaired) electrons. The molecule has 3 aromatic heterocycles. The van der Waals surface area contributed by atoms with Gasteiger partial charge in [-0.05, 0) is 59.7 Å². The number of carbonyl (C=O) groups is 2. The zero-order valence-corrected chi connectivity index (χ0v) is 17.4. The molecule has 0 unspecified atom stereocenters. The van der Waals surface area contributed by atoms with Gasteiger partial charge in [-0.1, -0.05) is 28.1 Å². The fraction of sp³-hybridized carbons (Fsp3) is 0. The lowest BCUT2D eigenvalue weighted by atomic mass is 10.0. The Balaban J connectivity index is 1.92. The van der Waals surface area contributed by atoms with Crippen LogP contribution in [-0.2, 0) is 0 Å². The number of carboxylic acid groups (broad SMARTS) is 2. The van der Waals surface area contributed by atoms with Gasteiger partial charge in [-0.2, -0.15) is 0 Å². The highest BCUT2D eigenvalue weighted by molar-refractivity contribution is 9.10. The summed E-state index contributed by atoms with van der Waals surface area (Å²) >= 11 is 3.42. The van der Waals surface area contributed by atoms with Crippen LogP contribution in [0, 0.1) is 0 Å². The summed E-state index contributed by atoms with van der Waals surface area (Å²) in [6.45, 7) is 0. The average Bonchev–Trinajstić information content (AvgIpc) is 2.79. The van der Waals surface area contributed by atoms with Gasteiger partial charge in [-0.25, -0.2) is 14.6 Å². The molecule has 0 amide bonds. The fourth-order valence-electron chi connectivity index (χ4n) is 3.01. The van der Waals surface area contributed by atoms with Crippen molar-refractivity contribution in [2.75, 3.05) is 0 Å². The van der Waals surface area contributed by atoms with Crippen molar-refractivity contribution in [3.63, 3.8) is 0 Å². The minimum Gasteiger partial charge on any atom is -0.478 e. The summed E-state index contributed by atoms with van der Waals surface area (Å²) in [4.78, 5) is 35.9. The van der Waals surface area contributed by atoms with E-state index in [1.807, 2.05) is 36.4 Å². The van der Waals surface area contributed by atoms with Crippen LogP contribution in [0.1, 0.15) is 20.7 Å². The SMILES string of the molecule is O=C(O)c1ccnc(-c2cc(-c3ccc(Br)cc3)cc(-c3cc(C(=O)O)ccn3)n2)c1. The molecule has 0 aliphatic rings. The number of rotatable bonds is 5. The van der Waals surface area contributed by atoms with E-state index < -0.39 is 11.9 Å². The highest BCUT2D eigenvalue weighted by Crippen LogP contribution is 2.30. The monoisotopic (exact) mass is 475 g/mol. The lowest BCUT2D eigenvalue weighted by Crippen LogP contribution is -2.00. The Bertz CT molecular complexity index is 1230. The van der Waals surface area contributed by atoms with Crippen molar-refractivity contribution in [1.29, 1.82) is 0 Å². The molecule has 2 N–H and O–H groups in total. The summed E-state index contributed by atoms with van der Waals surface area (Å²) in [5, 5.41) is 18.6. The average molecular weight is 476 g/mol. The summed E-state index contributed by atoms with van der Waals surface area (Å²) in [5.74, 6) is -2.13. The van der Waals surface area contributed by atoms with Crippen LogP contribution in [0.25, 0.3) is 33.9 Å². The number of aromatic nitrogens is 3. The molecule has 0 saturated heterocycles. The highest BCUT2D eigenvalue weighted by atomic mass is 79.9. The second-order valence-electron chi connectivity index (χ2n) is 6.60. The lowest BCUT2D eigenvalue weighted by molar-refractivity contribution is 0.0686. The van der Waals surface area contributed by atoms with Crippen LogP contribution in [0.3, 0.4) is 0 Å². The Labute approximate surface area is 185 Å². The highest BCUT2D eigenvalue weighted by Gasteiger charge is 2.14. The zero-order chi connectivity index (χ0) is 22.0. The van der Waals surface area contributed by atoms with E-state index in [1.54, 1.807) is 0 Å². The molecule has 0 spiro atoms. The molecule has 0 atom stereocenters. The molecular formula is C23H14BrN3O4. The van der Waals surface area contributed by atoms with Gasteiger partial charge in [0.05, 0.1) is 33.9 Å².